The standard InChI is InChI=1S/C11H13BrF3NO3S/c1-7-5-8(12)6-9(20(16,17)18)10(7)19-4-2-3-11(13,14)15/h5-6H,2-4H2,1H3,(H2,16,17,18). The van der Waals surface area contributed by atoms with Crippen LogP contribution >= 0.6 is 15.9 Å². The zero-order valence-electron chi connectivity index (χ0n) is 10.5. The Hall–Kier alpha value is -0.800. The lowest BCUT2D eigenvalue weighted by Gasteiger charge is -2.14. The summed E-state index contributed by atoms with van der Waals surface area (Å²) in [6.07, 6.45) is -5.52. The van der Waals surface area contributed by atoms with E-state index in [0.29, 0.717) is 10.0 Å². The van der Waals surface area contributed by atoms with Crippen LogP contribution in [0, 0.1) is 6.92 Å². The highest BCUT2D eigenvalue weighted by Crippen LogP contribution is 2.31. The van der Waals surface area contributed by atoms with E-state index in [4.69, 9.17) is 9.88 Å². The minimum Gasteiger partial charge on any atom is -0.492 e. The molecule has 0 bridgehead atoms. The predicted molar refractivity (Wildman–Crippen MR) is 71.0 cm³/mol. The van der Waals surface area contributed by atoms with E-state index in [-0.39, 0.29) is 23.7 Å². The third-order valence-corrected chi connectivity index (χ3v) is 3.74. The normalized spacial score (nSPS) is 12.5. The van der Waals surface area contributed by atoms with Crippen molar-refractivity contribution in [1.82, 2.24) is 0 Å². The number of sulfonamides is 1. The lowest BCUT2D eigenvalue weighted by molar-refractivity contribution is -0.136. The molecule has 114 valence electrons. The number of alkyl halides is 3. The third-order valence-electron chi connectivity index (χ3n) is 2.36. The lowest BCUT2D eigenvalue weighted by Crippen LogP contribution is -2.16. The van der Waals surface area contributed by atoms with Gasteiger partial charge in [0.2, 0.25) is 10.0 Å². The first-order valence-corrected chi connectivity index (χ1v) is 7.87. The number of halogens is 4. The molecule has 1 aromatic carbocycles. The number of hydrogen-bond donors (Lipinski definition) is 1. The van der Waals surface area contributed by atoms with E-state index in [2.05, 4.69) is 15.9 Å². The van der Waals surface area contributed by atoms with Crippen LogP contribution in [0.5, 0.6) is 5.75 Å². The van der Waals surface area contributed by atoms with Crippen molar-refractivity contribution in [2.24, 2.45) is 5.14 Å². The van der Waals surface area contributed by atoms with Gasteiger partial charge in [-0.05, 0) is 31.0 Å². The first-order chi connectivity index (χ1) is 9.00. The fourth-order valence-electron chi connectivity index (χ4n) is 1.54. The Labute approximate surface area is 123 Å². The largest absolute Gasteiger partial charge is 0.492 e. The zero-order chi connectivity index (χ0) is 15.6. The maximum atomic E-state index is 12.0. The molecule has 0 radical (unpaired) electrons. The minimum atomic E-state index is -4.26. The summed E-state index contributed by atoms with van der Waals surface area (Å²) in [5, 5.41) is 5.06. The number of primary sulfonamides is 1. The Morgan fingerprint density at radius 1 is 1.35 bits per heavy atom. The van der Waals surface area contributed by atoms with Crippen LogP contribution in [0.2, 0.25) is 0 Å². The number of aryl methyl sites for hydroxylation is 1. The quantitative estimate of drug-likeness (QED) is 0.803. The number of ether oxygens (including phenoxy) is 1. The fourth-order valence-corrected chi connectivity index (χ4v) is 3.04. The number of rotatable bonds is 5. The molecule has 20 heavy (non-hydrogen) atoms. The van der Waals surface area contributed by atoms with Crippen molar-refractivity contribution < 1.29 is 26.3 Å². The van der Waals surface area contributed by atoms with Crippen LogP contribution in [0.3, 0.4) is 0 Å². The molecule has 0 aromatic heterocycles. The fraction of sp³-hybridized carbons (Fsp3) is 0.455. The van der Waals surface area contributed by atoms with Crippen molar-refractivity contribution in [1.29, 1.82) is 0 Å². The summed E-state index contributed by atoms with van der Waals surface area (Å²) in [5.41, 5.74) is 0.468. The number of nitrogens with two attached hydrogens (primary N) is 1. The predicted octanol–water partition coefficient (Wildman–Crippen LogP) is 3.13. The first-order valence-electron chi connectivity index (χ1n) is 5.53. The van der Waals surface area contributed by atoms with Crippen LogP contribution in [-0.2, 0) is 10.0 Å². The van der Waals surface area contributed by atoms with Crippen molar-refractivity contribution in [2.45, 2.75) is 30.8 Å². The van der Waals surface area contributed by atoms with Crippen LogP contribution in [0.25, 0.3) is 0 Å². The Balaban J connectivity index is 2.90. The van der Waals surface area contributed by atoms with Gasteiger partial charge in [-0.2, -0.15) is 13.2 Å². The van der Waals surface area contributed by atoms with Gasteiger partial charge in [-0.1, -0.05) is 15.9 Å². The number of hydrogen-bond acceptors (Lipinski definition) is 3. The highest BCUT2D eigenvalue weighted by atomic mass is 79.9. The topological polar surface area (TPSA) is 69.4 Å². The molecule has 0 saturated heterocycles. The van der Waals surface area contributed by atoms with Gasteiger partial charge >= 0.3 is 6.18 Å². The zero-order valence-corrected chi connectivity index (χ0v) is 12.9. The molecular formula is C11H13BrF3NO3S. The second-order valence-electron chi connectivity index (χ2n) is 4.16. The van der Waals surface area contributed by atoms with Crippen molar-refractivity contribution >= 4 is 26.0 Å². The third kappa shape index (κ3) is 5.29. The Bertz CT molecular complexity index is 587. The molecule has 0 aliphatic rings. The molecule has 0 atom stereocenters. The highest BCUT2D eigenvalue weighted by molar-refractivity contribution is 9.10. The molecule has 0 heterocycles. The van der Waals surface area contributed by atoms with E-state index >= 15 is 0 Å². The van der Waals surface area contributed by atoms with Gasteiger partial charge in [0.15, 0.2) is 0 Å². The lowest BCUT2D eigenvalue weighted by atomic mass is 10.2. The maximum absolute atomic E-state index is 12.0. The van der Waals surface area contributed by atoms with Crippen LogP contribution in [0.4, 0.5) is 13.2 Å². The molecule has 0 amide bonds. The van der Waals surface area contributed by atoms with Crippen molar-refractivity contribution in [3.8, 4) is 5.75 Å². The minimum absolute atomic E-state index is 0.0159. The molecular weight excluding hydrogens is 363 g/mol. The molecule has 0 saturated carbocycles. The van der Waals surface area contributed by atoms with Gasteiger partial charge in [-0.3, -0.25) is 0 Å². The Kier molecular flexibility index (Phi) is 5.45. The van der Waals surface area contributed by atoms with Crippen LogP contribution in [0.15, 0.2) is 21.5 Å². The van der Waals surface area contributed by atoms with Crippen molar-refractivity contribution in [3.05, 3.63) is 22.2 Å². The van der Waals surface area contributed by atoms with Gasteiger partial charge in [0.25, 0.3) is 0 Å². The van der Waals surface area contributed by atoms with Crippen LogP contribution < -0.4 is 9.88 Å². The molecule has 0 spiro atoms. The van der Waals surface area contributed by atoms with Gasteiger partial charge in [0.05, 0.1) is 6.61 Å². The van der Waals surface area contributed by atoms with E-state index in [9.17, 15) is 21.6 Å². The summed E-state index contributed by atoms with van der Waals surface area (Å²) >= 11 is 3.12. The maximum Gasteiger partial charge on any atom is 0.389 e. The molecule has 9 heteroatoms. The first kappa shape index (κ1) is 17.3. The van der Waals surface area contributed by atoms with Gasteiger partial charge in [-0.25, -0.2) is 13.6 Å². The van der Waals surface area contributed by atoms with E-state index < -0.39 is 22.6 Å². The molecule has 2 N–H and O–H groups in total. The summed E-state index contributed by atoms with van der Waals surface area (Å²) in [6.45, 7) is 1.34. The van der Waals surface area contributed by atoms with Gasteiger partial charge in [-0.15, -0.1) is 0 Å². The van der Waals surface area contributed by atoms with Crippen molar-refractivity contribution in [3.63, 3.8) is 0 Å². The SMILES string of the molecule is Cc1cc(Br)cc(S(N)(=O)=O)c1OCCCC(F)(F)F. The Morgan fingerprint density at radius 3 is 2.45 bits per heavy atom. The second-order valence-corrected chi connectivity index (χ2v) is 6.61. The Morgan fingerprint density at radius 2 is 1.95 bits per heavy atom. The van der Waals surface area contributed by atoms with Gasteiger partial charge < -0.3 is 4.74 Å². The van der Waals surface area contributed by atoms with Crippen LogP contribution in [0.1, 0.15) is 18.4 Å². The molecule has 1 aromatic rings. The summed E-state index contributed by atoms with van der Waals surface area (Å²) < 4.78 is 64.6. The molecule has 0 fully saturated rings. The monoisotopic (exact) mass is 375 g/mol. The number of benzene rings is 1. The molecule has 0 aliphatic heterocycles. The average molecular weight is 376 g/mol. The van der Waals surface area contributed by atoms with Crippen LogP contribution in [-0.4, -0.2) is 21.2 Å². The highest BCUT2D eigenvalue weighted by Gasteiger charge is 2.26. The van der Waals surface area contributed by atoms with E-state index in [0.717, 1.165) is 0 Å². The summed E-state index contributed by atoms with van der Waals surface area (Å²) in [4.78, 5) is -0.253. The molecule has 4 nitrogen and oxygen atoms in total. The van der Waals surface area contributed by atoms with Gasteiger partial charge in [0.1, 0.15) is 10.6 Å². The van der Waals surface area contributed by atoms with E-state index in [1.807, 2.05) is 0 Å². The van der Waals surface area contributed by atoms with E-state index in [1.54, 1.807) is 13.0 Å². The smallest absolute Gasteiger partial charge is 0.389 e. The molecule has 0 unspecified atom stereocenters. The second kappa shape index (κ2) is 6.31. The van der Waals surface area contributed by atoms with Gasteiger partial charge in [0, 0.05) is 10.9 Å². The van der Waals surface area contributed by atoms with E-state index in [1.165, 1.54) is 6.07 Å². The summed E-state index contributed by atoms with van der Waals surface area (Å²) in [6, 6.07) is 2.84. The molecule has 0 aliphatic carbocycles. The average Bonchev–Trinajstić information content (AvgIpc) is 2.23. The van der Waals surface area contributed by atoms with Crippen molar-refractivity contribution in [2.75, 3.05) is 6.61 Å². The molecule has 1 rings (SSSR count). The summed E-state index contributed by atoms with van der Waals surface area (Å²) in [5.74, 6) is -0.0159. The summed E-state index contributed by atoms with van der Waals surface area (Å²) in [7, 11) is -4.02.